The number of amides is 6. The number of aromatic nitrogens is 1. The van der Waals surface area contributed by atoms with Crippen molar-refractivity contribution in [3.63, 3.8) is 0 Å². The molecule has 7 aromatic carbocycles. The lowest BCUT2D eigenvalue weighted by Crippen LogP contribution is -2.40. The van der Waals surface area contributed by atoms with Crippen molar-refractivity contribution in [2.24, 2.45) is 5.73 Å². The number of hydrogen-bond donors (Lipinski definition) is 6. The first-order chi connectivity index (χ1) is 65.8. The van der Waals surface area contributed by atoms with Gasteiger partial charge in [-0.3, -0.25) is 24.2 Å². The number of nitrogens with two attached hydrogens (primary N) is 1. The lowest BCUT2D eigenvalue weighted by atomic mass is 9.99. The number of nitrogens with zero attached hydrogens (tertiary/aromatic N) is 4. The summed E-state index contributed by atoms with van der Waals surface area (Å²) in [5.74, 6) is -1.17. The molecular weight excluding hydrogens is 1740 g/mol. The number of methoxy groups -OCH3 is 1. The zero-order valence-corrected chi connectivity index (χ0v) is 79.6. The number of aryl methyl sites for hydroxylation is 3. The molecule has 8 aromatic rings. The monoisotopic (exact) mass is 1880 g/mol. The van der Waals surface area contributed by atoms with Crippen molar-refractivity contribution < 1.29 is 108 Å². The van der Waals surface area contributed by atoms with Gasteiger partial charge in [0, 0.05) is 143 Å². The molecule has 1 aromatic heterocycles. The van der Waals surface area contributed by atoms with E-state index in [-0.39, 0.29) is 30.3 Å². The second kappa shape index (κ2) is 67.7. The quantitative estimate of drug-likeness (QED) is 0.0193. The number of carbonyl (C=O) groups excluding carboxylic acids is 5. The van der Waals surface area contributed by atoms with Gasteiger partial charge in [-0.25, -0.2) is 4.79 Å². The fraction of sp³-hybridized carbons (Fsp3) is 0.490. The largest absolute Gasteiger partial charge is 0.416 e. The highest BCUT2D eigenvalue weighted by molar-refractivity contribution is 6.08. The predicted octanol–water partition coefficient (Wildman–Crippen LogP) is 13.8. The number of benzene rings is 7. The van der Waals surface area contributed by atoms with Gasteiger partial charge in [-0.1, -0.05) is 78.4 Å². The Labute approximate surface area is 794 Å². The molecule has 1 heterocycles. The van der Waals surface area contributed by atoms with Crippen molar-refractivity contribution in [3.8, 4) is 22.4 Å². The van der Waals surface area contributed by atoms with E-state index in [1.807, 2.05) is 110 Å². The normalized spacial score (nSPS) is 11.3. The molecule has 33 heteroatoms. The van der Waals surface area contributed by atoms with Gasteiger partial charge >= 0.3 is 12.2 Å². The van der Waals surface area contributed by atoms with Crippen LogP contribution < -0.4 is 42.1 Å². The summed E-state index contributed by atoms with van der Waals surface area (Å²) >= 11 is 0. The van der Waals surface area contributed by atoms with E-state index in [4.69, 9.17) is 76.8 Å². The highest BCUT2D eigenvalue weighted by Crippen LogP contribution is 2.36. The molecule has 30 nitrogen and oxygen atoms in total. The number of likely N-dealkylation sites (N-methyl/N-ethyl adjacent to an activating group) is 1. The van der Waals surface area contributed by atoms with E-state index in [0.29, 0.717) is 279 Å². The highest BCUT2D eigenvalue weighted by atomic mass is 19.4. The Balaban J connectivity index is 0.000000390. The van der Waals surface area contributed by atoms with Crippen molar-refractivity contribution in [1.29, 1.82) is 0 Å². The standard InChI is InChI=1S/C59H88N6O14.C43H53F3N4O6/c1-6-65(7-2)53-16-17-55(54(46-53)56-45-52(18-19-60-56)57(66)62-47-50-13-8-11-48(3)43-50)63-58(67)51-15-9-12-49(44-51)14-10-22-70-27-30-74-35-36-75-31-28-71-23-20-61-59(68)64(4)21-24-72-29-32-76-37-38-78-41-42-79-40-39-77-34-33-73-26-25-69-5;1-3-50(4-2)38-16-17-40(39(30-38)34-12-7-14-36(29-34)41(51)48-31-33-10-6-15-37(28-33)43(44,45)46)49-42(52)35-13-5-9-32(27-35)11-8-19-53-21-23-55-25-26-56-24-22-54-20-18-47/h8-9,11-13,15-19,43-46H,6-7,10,14,20-42,47H2,1-5H3,(H,61,68)(H,62,66)(H,63,67);5-7,9-10,12-17,27-30H,3-4,8,11,18-26,31,47H2,1-2H3,(H,48,51)(H,49,52). The molecule has 0 saturated carbocycles. The number of nitrogens with one attached hydrogen (secondary N) is 5. The molecule has 0 radical (unpaired) electrons. The third-order valence-corrected chi connectivity index (χ3v) is 20.8. The van der Waals surface area contributed by atoms with Gasteiger partial charge in [0.2, 0.25) is 0 Å². The molecular formula is C102H141F3N10O20. The van der Waals surface area contributed by atoms with Gasteiger partial charge in [-0.15, -0.1) is 0 Å². The summed E-state index contributed by atoms with van der Waals surface area (Å²) in [6.07, 6.45) is 0.172. The van der Waals surface area contributed by atoms with Crippen molar-refractivity contribution in [2.45, 2.75) is 79.6 Å². The molecule has 0 fully saturated rings. The smallest absolute Gasteiger partial charge is 0.382 e. The summed E-state index contributed by atoms with van der Waals surface area (Å²) in [6, 6.07) is 49.9. The number of anilines is 4. The topological polar surface area (TPSA) is 333 Å². The van der Waals surface area contributed by atoms with Gasteiger partial charge in [-0.05, 0) is 185 Å². The van der Waals surface area contributed by atoms with E-state index >= 15 is 0 Å². The average Bonchev–Trinajstić information content (AvgIpc) is 0.802. The summed E-state index contributed by atoms with van der Waals surface area (Å²) < 4.78 is 122. The third-order valence-electron chi connectivity index (χ3n) is 20.8. The predicted molar refractivity (Wildman–Crippen MR) is 517 cm³/mol. The summed E-state index contributed by atoms with van der Waals surface area (Å²) in [5.41, 5.74) is 16.8. The Kier molecular flexibility index (Phi) is 56.0. The minimum atomic E-state index is -4.48. The van der Waals surface area contributed by atoms with Crippen LogP contribution >= 0.6 is 0 Å². The van der Waals surface area contributed by atoms with Gasteiger partial charge < -0.3 is 118 Å². The molecule has 0 aliphatic carbocycles. The van der Waals surface area contributed by atoms with Gasteiger partial charge in [0.25, 0.3) is 23.6 Å². The van der Waals surface area contributed by atoms with Crippen LogP contribution in [0.3, 0.4) is 0 Å². The molecule has 0 unspecified atom stereocenters. The summed E-state index contributed by atoms with van der Waals surface area (Å²) in [6.45, 7) is 29.0. The molecule has 6 amide bonds. The van der Waals surface area contributed by atoms with Gasteiger partial charge in [-0.2, -0.15) is 13.2 Å². The lowest BCUT2D eigenvalue weighted by molar-refractivity contribution is -0.137. The van der Waals surface area contributed by atoms with E-state index in [2.05, 4.69) is 69.1 Å². The SMILES string of the molecule is CCN(CC)c1ccc(NC(=O)c2cccc(CCCOCCOCCOCCOCCN)c2)c(-c2cccc(C(=O)NCc3cccc(C(F)(F)F)c3)c2)c1.CCN(CC)c1ccc(NC(=O)c2cccc(CCCOCCOCCOCCOCCNC(=O)N(C)CCOCCOCCOCCOCCOCCOCCOC)c2)c(-c2cc(C(=O)NCc3cccc(C)c3)ccn2)c1. The van der Waals surface area contributed by atoms with E-state index < -0.39 is 17.6 Å². The van der Waals surface area contributed by atoms with Crippen LogP contribution in [0, 0.1) is 6.92 Å². The molecule has 0 aliphatic heterocycles. The Morgan fingerprint density at radius 3 is 1.21 bits per heavy atom. The molecule has 740 valence electrons. The Hall–Kier alpha value is -10.4. The third kappa shape index (κ3) is 45.4. The van der Waals surface area contributed by atoms with E-state index in [1.54, 1.807) is 67.7 Å². The molecule has 0 saturated heterocycles. The van der Waals surface area contributed by atoms with Crippen molar-refractivity contribution in [2.75, 3.05) is 272 Å². The molecule has 135 heavy (non-hydrogen) atoms. The molecule has 0 spiro atoms. The van der Waals surface area contributed by atoms with Crippen molar-refractivity contribution >= 4 is 52.4 Å². The second-order valence-electron chi connectivity index (χ2n) is 30.9. The molecule has 0 aliphatic rings. The van der Waals surface area contributed by atoms with Gasteiger partial charge in [0.05, 0.1) is 195 Å². The Bertz CT molecular complexity index is 4670. The zero-order chi connectivity index (χ0) is 96.6. The van der Waals surface area contributed by atoms with E-state index in [1.165, 1.54) is 12.1 Å². The lowest BCUT2D eigenvalue weighted by Gasteiger charge is -2.23. The first-order valence-corrected chi connectivity index (χ1v) is 46.5. The van der Waals surface area contributed by atoms with Crippen LogP contribution in [0.2, 0.25) is 0 Å². The van der Waals surface area contributed by atoms with Crippen LogP contribution in [0.25, 0.3) is 22.4 Å². The number of ether oxygens (including phenoxy) is 15. The number of pyridine rings is 1. The number of alkyl halides is 3. The fourth-order valence-electron chi connectivity index (χ4n) is 13.6. The van der Waals surface area contributed by atoms with Crippen LogP contribution in [0.1, 0.15) is 115 Å². The van der Waals surface area contributed by atoms with Crippen LogP contribution in [-0.4, -0.2) is 291 Å². The maximum atomic E-state index is 13.8. The van der Waals surface area contributed by atoms with Gasteiger partial charge in [0.15, 0.2) is 0 Å². The highest BCUT2D eigenvalue weighted by Gasteiger charge is 2.31. The number of urea groups is 1. The van der Waals surface area contributed by atoms with E-state index in [0.717, 1.165) is 97.6 Å². The molecule has 8 rings (SSSR count). The molecule has 7 N–H and O–H groups in total. The van der Waals surface area contributed by atoms with E-state index in [9.17, 15) is 37.1 Å². The second-order valence-corrected chi connectivity index (χ2v) is 30.9. The Morgan fingerprint density at radius 2 is 0.763 bits per heavy atom. The van der Waals surface area contributed by atoms with Crippen LogP contribution in [0.4, 0.5) is 40.7 Å². The Morgan fingerprint density at radius 1 is 0.378 bits per heavy atom. The van der Waals surface area contributed by atoms with Crippen molar-refractivity contribution in [1.82, 2.24) is 25.8 Å². The summed E-state index contributed by atoms with van der Waals surface area (Å²) in [4.78, 5) is 76.9. The first-order valence-electron chi connectivity index (χ1n) is 46.5. The maximum absolute atomic E-state index is 13.8. The number of rotatable bonds is 70. The van der Waals surface area contributed by atoms with Crippen LogP contribution in [0.15, 0.2) is 176 Å². The maximum Gasteiger partial charge on any atom is 0.416 e. The van der Waals surface area contributed by atoms with Crippen molar-refractivity contribution in [3.05, 3.63) is 232 Å². The summed E-state index contributed by atoms with van der Waals surface area (Å²) in [5, 5.41) is 14.8. The average molecular weight is 1880 g/mol. The minimum Gasteiger partial charge on any atom is -0.382 e. The summed E-state index contributed by atoms with van der Waals surface area (Å²) in [7, 11) is 3.35. The number of carbonyl (C=O) groups is 5. The number of halogens is 3. The zero-order valence-electron chi connectivity index (χ0n) is 79.6. The number of hydrogen-bond acceptors (Lipinski definition) is 24. The van der Waals surface area contributed by atoms with Crippen LogP contribution in [-0.2, 0) is 103 Å². The molecule has 0 atom stereocenters. The minimum absolute atomic E-state index is 0.0724. The molecule has 0 bridgehead atoms. The first kappa shape index (κ1) is 112. The fourth-order valence-corrected chi connectivity index (χ4v) is 13.6. The van der Waals surface area contributed by atoms with Crippen LogP contribution in [0.5, 0.6) is 0 Å². The van der Waals surface area contributed by atoms with Gasteiger partial charge in [0.1, 0.15) is 0 Å².